The average molecular weight is 144 g/mol. The molecular formula is C8H16O2. The molecule has 0 aromatic heterocycles. The van der Waals surface area contributed by atoms with Crippen LogP contribution in [0.5, 0.6) is 0 Å². The fourth-order valence-corrected chi connectivity index (χ4v) is 0.500. The summed E-state index contributed by atoms with van der Waals surface area (Å²) in [7, 11) is 0. The highest BCUT2D eigenvalue weighted by molar-refractivity contribution is 4.95. The maximum absolute atomic E-state index is 9.21. The normalized spacial score (nSPS) is 16.1. The average Bonchev–Trinajstić information content (AvgIpc) is 1.80. The van der Waals surface area contributed by atoms with E-state index < -0.39 is 11.7 Å². The second-order valence-corrected chi connectivity index (χ2v) is 2.93. The molecule has 0 fully saturated rings. The Bertz CT molecular complexity index is 111. The summed E-state index contributed by atoms with van der Waals surface area (Å²) >= 11 is 0. The van der Waals surface area contributed by atoms with Crippen LogP contribution in [-0.2, 0) is 0 Å². The van der Waals surface area contributed by atoms with E-state index in [-0.39, 0.29) is 0 Å². The van der Waals surface area contributed by atoms with Crippen LogP contribution in [0.4, 0.5) is 0 Å². The maximum Gasteiger partial charge on any atom is 0.100 e. The largest absolute Gasteiger partial charge is 0.387 e. The maximum atomic E-state index is 9.21. The molecule has 2 N–H and O–H groups in total. The predicted octanol–water partition coefficient (Wildman–Crippen LogP) is 1.08. The zero-order chi connectivity index (χ0) is 8.20. The first kappa shape index (κ1) is 9.66. The third-order valence-corrected chi connectivity index (χ3v) is 1.28. The lowest BCUT2D eigenvalue weighted by molar-refractivity contribution is -0.0226. The summed E-state index contributed by atoms with van der Waals surface area (Å²) in [5, 5.41) is 18.4. The molecule has 0 saturated heterocycles. The van der Waals surface area contributed by atoms with Crippen molar-refractivity contribution in [3.63, 3.8) is 0 Å². The first-order valence-electron chi connectivity index (χ1n) is 3.55. The molecular weight excluding hydrogens is 128 g/mol. The van der Waals surface area contributed by atoms with E-state index in [0.717, 1.165) is 6.42 Å². The van der Waals surface area contributed by atoms with E-state index in [2.05, 4.69) is 0 Å². The summed E-state index contributed by atoms with van der Waals surface area (Å²) in [5.74, 6) is 0. The van der Waals surface area contributed by atoms with Crippen molar-refractivity contribution in [1.82, 2.24) is 0 Å². The van der Waals surface area contributed by atoms with Crippen LogP contribution in [0.15, 0.2) is 12.2 Å². The molecule has 0 rings (SSSR count). The van der Waals surface area contributed by atoms with Gasteiger partial charge in [0.2, 0.25) is 0 Å². The second-order valence-electron chi connectivity index (χ2n) is 2.93. The fraction of sp³-hybridized carbons (Fsp3) is 0.750. The van der Waals surface area contributed by atoms with Gasteiger partial charge in [0.05, 0.1) is 5.60 Å². The Labute approximate surface area is 62.2 Å². The molecule has 1 atom stereocenters. The number of allylic oxidation sites excluding steroid dienone is 1. The van der Waals surface area contributed by atoms with Crippen LogP contribution >= 0.6 is 0 Å². The third-order valence-electron chi connectivity index (χ3n) is 1.28. The lowest BCUT2D eigenvalue weighted by Crippen LogP contribution is -2.33. The van der Waals surface area contributed by atoms with Crippen molar-refractivity contribution in [3.05, 3.63) is 12.2 Å². The number of aliphatic hydroxyl groups excluding tert-OH is 1. The zero-order valence-electron chi connectivity index (χ0n) is 6.83. The van der Waals surface area contributed by atoms with Crippen molar-refractivity contribution in [2.24, 2.45) is 0 Å². The Morgan fingerprint density at radius 3 is 2.30 bits per heavy atom. The first-order chi connectivity index (χ1) is 4.48. The summed E-state index contributed by atoms with van der Waals surface area (Å²) < 4.78 is 0. The number of rotatable bonds is 3. The van der Waals surface area contributed by atoms with Gasteiger partial charge in [-0.05, 0) is 20.3 Å². The lowest BCUT2D eigenvalue weighted by atomic mass is 10.0. The van der Waals surface area contributed by atoms with E-state index in [1.54, 1.807) is 19.9 Å². The van der Waals surface area contributed by atoms with Gasteiger partial charge in [0.15, 0.2) is 0 Å². The van der Waals surface area contributed by atoms with E-state index >= 15 is 0 Å². The van der Waals surface area contributed by atoms with Crippen molar-refractivity contribution in [1.29, 1.82) is 0 Å². The lowest BCUT2D eigenvalue weighted by Gasteiger charge is -2.21. The van der Waals surface area contributed by atoms with E-state index in [1.165, 1.54) is 0 Å². The van der Waals surface area contributed by atoms with Crippen LogP contribution in [0.1, 0.15) is 27.2 Å². The van der Waals surface area contributed by atoms with Gasteiger partial charge in [0.25, 0.3) is 0 Å². The molecule has 0 heterocycles. The highest BCUT2D eigenvalue weighted by Crippen LogP contribution is 2.09. The van der Waals surface area contributed by atoms with Crippen molar-refractivity contribution >= 4 is 0 Å². The molecule has 0 aliphatic carbocycles. The van der Waals surface area contributed by atoms with Crippen molar-refractivity contribution in [2.45, 2.75) is 38.9 Å². The molecule has 0 aliphatic heterocycles. The van der Waals surface area contributed by atoms with Gasteiger partial charge in [-0.3, -0.25) is 0 Å². The molecule has 0 aromatic carbocycles. The third kappa shape index (κ3) is 3.64. The van der Waals surface area contributed by atoms with Gasteiger partial charge in [0.1, 0.15) is 6.10 Å². The molecule has 0 radical (unpaired) electrons. The van der Waals surface area contributed by atoms with Gasteiger partial charge in [-0.25, -0.2) is 0 Å². The molecule has 10 heavy (non-hydrogen) atoms. The van der Waals surface area contributed by atoms with Crippen molar-refractivity contribution in [2.75, 3.05) is 0 Å². The minimum Gasteiger partial charge on any atom is -0.387 e. The Balaban J connectivity index is 3.84. The Morgan fingerprint density at radius 2 is 2.00 bits per heavy atom. The van der Waals surface area contributed by atoms with Crippen LogP contribution in [-0.4, -0.2) is 21.9 Å². The van der Waals surface area contributed by atoms with Gasteiger partial charge < -0.3 is 10.2 Å². The minimum atomic E-state index is -1.02. The van der Waals surface area contributed by atoms with Gasteiger partial charge in [0, 0.05) is 0 Å². The SMILES string of the molecule is CCC=CC(O)C(C)(C)O. The molecule has 0 aromatic rings. The zero-order valence-corrected chi connectivity index (χ0v) is 6.83. The van der Waals surface area contributed by atoms with Crippen LogP contribution in [0.2, 0.25) is 0 Å². The van der Waals surface area contributed by atoms with Gasteiger partial charge >= 0.3 is 0 Å². The standard InChI is InChI=1S/C8H16O2/c1-4-5-6-7(9)8(2,3)10/h5-7,9-10H,4H2,1-3H3. The number of aliphatic hydroxyl groups is 2. The van der Waals surface area contributed by atoms with Crippen LogP contribution < -0.4 is 0 Å². The van der Waals surface area contributed by atoms with Gasteiger partial charge in [-0.15, -0.1) is 0 Å². The Kier molecular flexibility index (Phi) is 3.61. The summed E-state index contributed by atoms with van der Waals surface area (Å²) in [5.41, 5.74) is -1.02. The van der Waals surface area contributed by atoms with Crippen LogP contribution in [0.25, 0.3) is 0 Å². The van der Waals surface area contributed by atoms with Crippen molar-refractivity contribution in [3.8, 4) is 0 Å². The molecule has 0 amide bonds. The quantitative estimate of drug-likeness (QED) is 0.582. The van der Waals surface area contributed by atoms with E-state index in [1.807, 2.05) is 13.0 Å². The van der Waals surface area contributed by atoms with E-state index in [0.29, 0.717) is 0 Å². The molecule has 2 heteroatoms. The summed E-state index contributed by atoms with van der Waals surface area (Å²) in [6, 6.07) is 0. The minimum absolute atomic E-state index is 0.757. The Hall–Kier alpha value is -0.340. The monoisotopic (exact) mass is 144 g/mol. The number of hydrogen-bond acceptors (Lipinski definition) is 2. The second kappa shape index (κ2) is 3.74. The van der Waals surface area contributed by atoms with E-state index in [9.17, 15) is 10.2 Å². The first-order valence-corrected chi connectivity index (χ1v) is 3.55. The topological polar surface area (TPSA) is 40.5 Å². The van der Waals surface area contributed by atoms with Crippen LogP contribution in [0, 0.1) is 0 Å². The smallest absolute Gasteiger partial charge is 0.100 e. The van der Waals surface area contributed by atoms with Crippen LogP contribution in [0.3, 0.4) is 0 Å². The molecule has 0 aliphatic rings. The van der Waals surface area contributed by atoms with Gasteiger partial charge in [-0.1, -0.05) is 19.1 Å². The fourth-order valence-electron chi connectivity index (χ4n) is 0.500. The van der Waals surface area contributed by atoms with Crippen molar-refractivity contribution < 1.29 is 10.2 Å². The highest BCUT2D eigenvalue weighted by atomic mass is 16.3. The molecule has 0 bridgehead atoms. The molecule has 2 nitrogen and oxygen atoms in total. The molecule has 0 spiro atoms. The summed E-state index contributed by atoms with van der Waals surface area (Å²) in [6.45, 7) is 5.14. The summed E-state index contributed by atoms with van der Waals surface area (Å²) in [4.78, 5) is 0. The van der Waals surface area contributed by atoms with E-state index in [4.69, 9.17) is 0 Å². The molecule has 0 saturated carbocycles. The summed E-state index contributed by atoms with van der Waals surface area (Å²) in [6.07, 6.45) is 3.57. The van der Waals surface area contributed by atoms with Gasteiger partial charge in [-0.2, -0.15) is 0 Å². The predicted molar refractivity (Wildman–Crippen MR) is 41.7 cm³/mol. The highest BCUT2D eigenvalue weighted by Gasteiger charge is 2.20. The molecule has 60 valence electrons. The number of hydrogen-bond donors (Lipinski definition) is 2. The Morgan fingerprint density at radius 1 is 1.50 bits per heavy atom. The molecule has 1 unspecified atom stereocenters.